The Kier molecular flexibility index (Phi) is 4.41. The number of epoxide rings is 2. The molecule has 2 aliphatic heterocycles. The Hall–Kier alpha value is -0.480. The van der Waals surface area contributed by atoms with Gasteiger partial charge in [0.05, 0.1) is 36.5 Å². The minimum absolute atomic E-state index is 0.108. The Labute approximate surface area is 129 Å². The summed E-state index contributed by atoms with van der Waals surface area (Å²) in [4.78, 5) is 0. The summed E-state index contributed by atoms with van der Waals surface area (Å²) in [5.41, 5.74) is 1.03. The molecular formula is C15H18Cl2O3. The van der Waals surface area contributed by atoms with Gasteiger partial charge in [-0.15, -0.1) is 0 Å². The van der Waals surface area contributed by atoms with Crippen molar-refractivity contribution >= 4 is 23.2 Å². The Morgan fingerprint density at radius 3 is 2.60 bits per heavy atom. The molecule has 5 heteroatoms. The maximum absolute atomic E-state index is 6.28. The van der Waals surface area contributed by atoms with Crippen molar-refractivity contribution in [2.45, 2.75) is 44.5 Å². The smallest absolute Gasteiger partial charge is 0.141 e. The van der Waals surface area contributed by atoms with Gasteiger partial charge in [0.25, 0.3) is 0 Å². The van der Waals surface area contributed by atoms with Gasteiger partial charge in [0.1, 0.15) is 5.75 Å². The molecule has 2 saturated heterocycles. The molecule has 110 valence electrons. The molecule has 0 N–H and O–H groups in total. The average Bonchev–Trinajstić information content (AvgIpc) is 3.24. The van der Waals surface area contributed by atoms with Crippen LogP contribution in [-0.2, 0) is 15.9 Å². The van der Waals surface area contributed by atoms with E-state index < -0.39 is 0 Å². The lowest BCUT2D eigenvalue weighted by molar-refractivity contribution is 0.200. The highest BCUT2D eigenvalue weighted by Gasteiger charge is 2.27. The van der Waals surface area contributed by atoms with Crippen molar-refractivity contribution in [2.75, 3.05) is 13.2 Å². The monoisotopic (exact) mass is 316 g/mol. The third kappa shape index (κ3) is 4.01. The van der Waals surface area contributed by atoms with Crippen molar-refractivity contribution in [1.29, 1.82) is 0 Å². The number of halogens is 2. The van der Waals surface area contributed by atoms with Crippen molar-refractivity contribution in [1.82, 2.24) is 0 Å². The second kappa shape index (κ2) is 6.10. The molecule has 0 bridgehead atoms. The van der Waals surface area contributed by atoms with E-state index in [1.54, 1.807) is 6.07 Å². The lowest BCUT2D eigenvalue weighted by Gasteiger charge is -2.18. The maximum atomic E-state index is 6.28. The highest BCUT2D eigenvalue weighted by molar-refractivity contribution is 6.35. The summed E-state index contributed by atoms with van der Waals surface area (Å²) in [7, 11) is 0. The molecule has 2 fully saturated rings. The number of ether oxygens (including phenoxy) is 3. The van der Waals surface area contributed by atoms with Crippen molar-refractivity contribution in [3.05, 3.63) is 27.7 Å². The zero-order chi connectivity index (χ0) is 14.1. The molecule has 0 aromatic heterocycles. The van der Waals surface area contributed by atoms with Gasteiger partial charge in [-0.2, -0.15) is 0 Å². The first-order chi connectivity index (χ1) is 9.61. The molecule has 3 rings (SSSR count). The van der Waals surface area contributed by atoms with E-state index in [4.69, 9.17) is 37.4 Å². The molecule has 0 saturated carbocycles. The molecule has 3 nitrogen and oxygen atoms in total. The molecule has 0 radical (unpaired) electrons. The van der Waals surface area contributed by atoms with Crippen LogP contribution in [-0.4, -0.2) is 31.5 Å². The van der Waals surface area contributed by atoms with Crippen LogP contribution in [0.4, 0.5) is 0 Å². The molecule has 1 aromatic carbocycles. The highest BCUT2D eigenvalue weighted by atomic mass is 35.5. The maximum Gasteiger partial charge on any atom is 0.141 e. The third-order valence-corrected chi connectivity index (χ3v) is 4.05. The first kappa shape index (κ1) is 14.5. The summed E-state index contributed by atoms with van der Waals surface area (Å²) in [5, 5.41) is 1.21. The predicted molar refractivity (Wildman–Crippen MR) is 79.0 cm³/mol. The standard InChI is InChI=1S/C15H18Cl2O3/c1-9(2-3-12-7-18-12)20-15-10(5-13-8-19-13)4-11(16)6-14(15)17/h4,6,9,12-13H,2-3,5,7-8H2,1H3. The molecule has 0 spiro atoms. The lowest BCUT2D eigenvalue weighted by Crippen LogP contribution is -2.14. The quantitative estimate of drug-likeness (QED) is 0.716. The third-order valence-electron chi connectivity index (χ3n) is 3.55. The first-order valence-electron chi connectivity index (χ1n) is 6.99. The molecule has 3 atom stereocenters. The zero-order valence-corrected chi connectivity index (χ0v) is 12.9. The van der Waals surface area contributed by atoms with Gasteiger partial charge < -0.3 is 14.2 Å². The summed E-state index contributed by atoms with van der Waals surface area (Å²) in [6.45, 7) is 3.75. The minimum atomic E-state index is 0.108. The minimum Gasteiger partial charge on any atom is -0.489 e. The molecule has 20 heavy (non-hydrogen) atoms. The van der Waals surface area contributed by atoms with Gasteiger partial charge in [0.15, 0.2) is 0 Å². The molecule has 2 heterocycles. The van der Waals surface area contributed by atoms with Crippen LogP contribution in [0.15, 0.2) is 12.1 Å². The van der Waals surface area contributed by atoms with Crippen LogP contribution in [0.5, 0.6) is 5.75 Å². The molecule has 0 aliphatic carbocycles. The lowest BCUT2D eigenvalue weighted by atomic mass is 10.1. The first-order valence-corrected chi connectivity index (χ1v) is 7.75. The van der Waals surface area contributed by atoms with Crippen LogP contribution >= 0.6 is 23.2 Å². The van der Waals surface area contributed by atoms with Gasteiger partial charge in [0.2, 0.25) is 0 Å². The molecule has 1 aromatic rings. The largest absolute Gasteiger partial charge is 0.489 e. The Balaban J connectivity index is 1.68. The summed E-state index contributed by atoms with van der Waals surface area (Å²) >= 11 is 12.4. The molecule has 0 amide bonds. The Morgan fingerprint density at radius 2 is 1.95 bits per heavy atom. The van der Waals surface area contributed by atoms with Crippen LogP contribution in [0.2, 0.25) is 10.0 Å². The van der Waals surface area contributed by atoms with Crippen LogP contribution in [0.25, 0.3) is 0 Å². The predicted octanol–water partition coefficient (Wildman–Crippen LogP) is 3.88. The molecule has 2 aliphatic rings. The fourth-order valence-electron chi connectivity index (χ4n) is 2.24. The van der Waals surface area contributed by atoms with Crippen molar-refractivity contribution in [2.24, 2.45) is 0 Å². The second-order valence-electron chi connectivity index (χ2n) is 5.50. The fraction of sp³-hybridized carbons (Fsp3) is 0.600. The number of benzene rings is 1. The van der Waals surface area contributed by atoms with Crippen molar-refractivity contribution < 1.29 is 14.2 Å². The number of hydrogen-bond donors (Lipinski definition) is 0. The summed E-state index contributed by atoms with van der Waals surface area (Å²) in [6, 6.07) is 3.65. The Bertz CT molecular complexity index is 484. The summed E-state index contributed by atoms with van der Waals surface area (Å²) in [5.74, 6) is 0.746. The van der Waals surface area contributed by atoms with Crippen molar-refractivity contribution in [3.8, 4) is 5.75 Å². The van der Waals surface area contributed by atoms with Gasteiger partial charge in [0, 0.05) is 11.4 Å². The van der Waals surface area contributed by atoms with Gasteiger partial charge in [-0.25, -0.2) is 0 Å². The van der Waals surface area contributed by atoms with E-state index in [2.05, 4.69) is 6.92 Å². The van der Waals surface area contributed by atoms with Gasteiger partial charge in [-0.1, -0.05) is 23.2 Å². The zero-order valence-electron chi connectivity index (χ0n) is 11.4. The molecular weight excluding hydrogens is 299 g/mol. The van der Waals surface area contributed by atoms with E-state index >= 15 is 0 Å². The topological polar surface area (TPSA) is 34.3 Å². The number of hydrogen-bond acceptors (Lipinski definition) is 3. The fourth-order valence-corrected chi connectivity index (χ4v) is 2.82. The van der Waals surface area contributed by atoms with Gasteiger partial charge in [-0.3, -0.25) is 0 Å². The van der Waals surface area contributed by atoms with Crippen LogP contribution in [0, 0.1) is 0 Å². The number of rotatable bonds is 7. The van der Waals surface area contributed by atoms with E-state index in [1.807, 2.05) is 6.07 Å². The van der Waals surface area contributed by atoms with Crippen molar-refractivity contribution in [3.63, 3.8) is 0 Å². The van der Waals surface area contributed by atoms with Gasteiger partial charge >= 0.3 is 0 Å². The average molecular weight is 317 g/mol. The summed E-state index contributed by atoms with van der Waals surface area (Å²) < 4.78 is 16.5. The highest BCUT2D eigenvalue weighted by Crippen LogP contribution is 2.36. The Morgan fingerprint density at radius 1 is 1.25 bits per heavy atom. The van der Waals surface area contributed by atoms with E-state index in [0.29, 0.717) is 16.1 Å². The van der Waals surface area contributed by atoms with Crippen LogP contribution < -0.4 is 4.74 Å². The van der Waals surface area contributed by atoms with Crippen LogP contribution in [0.1, 0.15) is 25.3 Å². The van der Waals surface area contributed by atoms with Crippen LogP contribution in [0.3, 0.4) is 0 Å². The van der Waals surface area contributed by atoms with E-state index in [9.17, 15) is 0 Å². The van der Waals surface area contributed by atoms with E-state index in [-0.39, 0.29) is 12.2 Å². The van der Waals surface area contributed by atoms with E-state index in [0.717, 1.165) is 43.8 Å². The van der Waals surface area contributed by atoms with Gasteiger partial charge in [-0.05, 0) is 37.5 Å². The second-order valence-corrected chi connectivity index (χ2v) is 6.34. The normalized spacial score (nSPS) is 25.4. The summed E-state index contributed by atoms with van der Waals surface area (Å²) in [6.07, 6.45) is 3.62. The van der Waals surface area contributed by atoms with E-state index in [1.165, 1.54) is 0 Å². The molecule has 3 unspecified atom stereocenters. The SMILES string of the molecule is CC(CCC1CO1)Oc1c(Cl)cc(Cl)cc1CC1CO1.